The molecule has 0 aliphatic rings. The van der Waals surface area contributed by atoms with Crippen LogP contribution in [0.5, 0.6) is 11.6 Å². The molecule has 0 fully saturated rings. The fraction of sp³-hybridized carbons (Fsp3) is 0.269. The lowest BCUT2D eigenvalue weighted by Crippen LogP contribution is -2.35. The molecule has 200 valence electrons. The monoisotopic (exact) mass is 539 g/mol. The maximum atomic E-state index is 14.7. The maximum absolute atomic E-state index is 14.7. The van der Waals surface area contributed by atoms with Crippen molar-refractivity contribution in [3.05, 3.63) is 72.3 Å². The SMILES string of the molecule is CN(C)CCCN(C)C(=O)Nc1cc(Oc2ccc(NC(=S)NC(=O)Cc3ccccc3)cc2F)ncn1. The van der Waals surface area contributed by atoms with Crippen LogP contribution < -0.4 is 20.7 Å². The van der Waals surface area contributed by atoms with Gasteiger partial charge in [0.1, 0.15) is 12.1 Å². The molecule has 0 saturated heterocycles. The second-order valence-electron chi connectivity index (χ2n) is 8.66. The van der Waals surface area contributed by atoms with E-state index in [1.165, 1.54) is 24.5 Å². The molecule has 0 spiro atoms. The normalized spacial score (nSPS) is 10.6. The third kappa shape index (κ3) is 9.37. The van der Waals surface area contributed by atoms with Gasteiger partial charge in [-0.2, -0.15) is 0 Å². The fourth-order valence-corrected chi connectivity index (χ4v) is 3.51. The highest BCUT2D eigenvalue weighted by atomic mass is 32.1. The van der Waals surface area contributed by atoms with Gasteiger partial charge in [0.15, 0.2) is 16.7 Å². The lowest BCUT2D eigenvalue weighted by atomic mass is 10.1. The van der Waals surface area contributed by atoms with E-state index in [4.69, 9.17) is 17.0 Å². The number of halogens is 1. The van der Waals surface area contributed by atoms with Crippen LogP contribution in [0.4, 0.5) is 20.7 Å². The van der Waals surface area contributed by atoms with Gasteiger partial charge in [-0.25, -0.2) is 19.2 Å². The molecule has 0 bridgehead atoms. The van der Waals surface area contributed by atoms with Crippen LogP contribution in [0.3, 0.4) is 0 Å². The van der Waals surface area contributed by atoms with Crippen molar-refractivity contribution in [2.45, 2.75) is 12.8 Å². The number of ether oxygens (including phenoxy) is 1. The second-order valence-corrected chi connectivity index (χ2v) is 9.07. The molecular weight excluding hydrogens is 509 g/mol. The molecule has 0 atom stereocenters. The molecule has 10 nitrogen and oxygen atoms in total. The Hall–Kier alpha value is -4.16. The number of carbonyl (C=O) groups excluding carboxylic acids is 2. The van der Waals surface area contributed by atoms with E-state index in [0.29, 0.717) is 12.2 Å². The lowest BCUT2D eigenvalue weighted by Gasteiger charge is -2.19. The van der Waals surface area contributed by atoms with Gasteiger partial charge in [0.25, 0.3) is 0 Å². The fourth-order valence-electron chi connectivity index (χ4n) is 3.28. The Morgan fingerprint density at radius 2 is 1.76 bits per heavy atom. The van der Waals surface area contributed by atoms with Crippen molar-refractivity contribution in [1.82, 2.24) is 25.1 Å². The number of aromatic nitrogens is 2. The first-order valence-corrected chi connectivity index (χ1v) is 12.2. The standard InChI is InChI=1S/C26H30FN7O3S/c1-33(2)12-7-13-34(3)26(36)31-22-16-24(29-17-28-22)37-21-11-10-19(15-20(21)27)30-25(38)32-23(35)14-18-8-5-4-6-9-18/h4-6,8-11,15-17H,7,12-14H2,1-3H3,(H,28,29,31,36)(H2,30,32,35,38). The van der Waals surface area contributed by atoms with Gasteiger partial charge in [-0.05, 0) is 57.0 Å². The average Bonchev–Trinajstić information content (AvgIpc) is 2.86. The minimum absolute atomic E-state index is 0.0434. The van der Waals surface area contributed by atoms with Crippen LogP contribution in [0.15, 0.2) is 60.9 Å². The Kier molecular flexibility index (Phi) is 10.4. The predicted octanol–water partition coefficient (Wildman–Crippen LogP) is 3.88. The zero-order valence-corrected chi connectivity index (χ0v) is 22.2. The Morgan fingerprint density at radius 3 is 2.47 bits per heavy atom. The van der Waals surface area contributed by atoms with Gasteiger partial charge in [0, 0.05) is 31.4 Å². The summed E-state index contributed by atoms with van der Waals surface area (Å²) >= 11 is 5.16. The zero-order valence-electron chi connectivity index (χ0n) is 21.4. The third-order valence-corrected chi connectivity index (χ3v) is 5.39. The molecule has 0 saturated carbocycles. The summed E-state index contributed by atoms with van der Waals surface area (Å²) in [4.78, 5) is 36.1. The van der Waals surface area contributed by atoms with Crippen LogP contribution in [0.1, 0.15) is 12.0 Å². The minimum Gasteiger partial charge on any atom is -0.436 e. The molecule has 1 heterocycles. The summed E-state index contributed by atoms with van der Waals surface area (Å²) in [7, 11) is 5.63. The van der Waals surface area contributed by atoms with E-state index < -0.39 is 5.82 Å². The zero-order chi connectivity index (χ0) is 27.5. The van der Waals surface area contributed by atoms with Gasteiger partial charge < -0.3 is 25.2 Å². The van der Waals surface area contributed by atoms with Crippen molar-refractivity contribution < 1.29 is 18.7 Å². The number of urea groups is 1. The summed E-state index contributed by atoms with van der Waals surface area (Å²) in [6.45, 7) is 1.43. The maximum Gasteiger partial charge on any atom is 0.322 e. The van der Waals surface area contributed by atoms with Gasteiger partial charge in [0.2, 0.25) is 11.8 Å². The highest BCUT2D eigenvalue weighted by Crippen LogP contribution is 2.26. The van der Waals surface area contributed by atoms with Crippen molar-refractivity contribution in [2.75, 3.05) is 44.9 Å². The van der Waals surface area contributed by atoms with Crippen molar-refractivity contribution in [1.29, 1.82) is 0 Å². The molecular formula is C26H30FN7O3S. The Labute approximate surface area is 226 Å². The number of nitrogens with one attached hydrogen (secondary N) is 3. The molecule has 0 radical (unpaired) electrons. The summed E-state index contributed by atoms with van der Waals surface area (Å²) < 4.78 is 20.3. The smallest absolute Gasteiger partial charge is 0.322 e. The van der Waals surface area contributed by atoms with Crippen molar-refractivity contribution in [3.8, 4) is 11.6 Å². The Morgan fingerprint density at radius 1 is 1.00 bits per heavy atom. The summed E-state index contributed by atoms with van der Waals surface area (Å²) in [6, 6.07) is 14.4. The number of carbonyl (C=O) groups is 2. The van der Waals surface area contributed by atoms with Gasteiger partial charge in [-0.1, -0.05) is 30.3 Å². The Bertz CT molecular complexity index is 1260. The lowest BCUT2D eigenvalue weighted by molar-refractivity contribution is -0.119. The van der Waals surface area contributed by atoms with Crippen molar-refractivity contribution in [2.24, 2.45) is 0 Å². The highest BCUT2D eigenvalue weighted by molar-refractivity contribution is 7.80. The van der Waals surface area contributed by atoms with E-state index in [1.54, 1.807) is 18.0 Å². The molecule has 3 rings (SSSR count). The predicted molar refractivity (Wildman–Crippen MR) is 148 cm³/mol. The van der Waals surface area contributed by atoms with E-state index in [-0.39, 0.29) is 40.9 Å². The molecule has 1 aromatic heterocycles. The van der Waals surface area contributed by atoms with Crippen molar-refractivity contribution in [3.63, 3.8) is 0 Å². The number of anilines is 2. The van der Waals surface area contributed by atoms with Crippen LogP contribution in [-0.2, 0) is 11.2 Å². The number of rotatable bonds is 10. The van der Waals surface area contributed by atoms with Crippen LogP contribution in [-0.4, -0.2) is 71.1 Å². The molecule has 12 heteroatoms. The molecule has 3 aromatic rings. The minimum atomic E-state index is -0.682. The van der Waals surface area contributed by atoms with E-state index in [2.05, 4.69) is 25.9 Å². The van der Waals surface area contributed by atoms with Gasteiger partial charge in [-0.3, -0.25) is 10.1 Å². The Balaban J connectivity index is 1.53. The third-order valence-electron chi connectivity index (χ3n) is 5.19. The van der Waals surface area contributed by atoms with Crippen LogP contribution in [0.25, 0.3) is 0 Å². The molecule has 0 unspecified atom stereocenters. The quantitative estimate of drug-likeness (QED) is 0.333. The highest BCUT2D eigenvalue weighted by Gasteiger charge is 2.13. The van der Waals surface area contributed by atoms with E-state index in [9.17, 15) is 14.0 Å². The van der Waals surface area contributed by atoms with Gasteiger partial charge in [0.05, 0.1) is 6.42 Å². The first kappa shape index (κ1) is 28.4. The van der Waals surface area contributed by atoms with Crippen LogP contribution in [0.2, 0.25) is 0 Å². The number of benzene rings is 2. The molecule has 3 N–H and O–H groups in total. The molecule has 0 aliphatic heterocycles. The largest absolute Gasteiger partial charge is 0.436 e. The molecule has 3 amide bonds. The van der Waals surface area contributed by atoms with E-state index in [0.717, 1.165) is 18.5 Å². The van der Waals surface area contributed by atoms with Gasteiger partial charge >= 0.3 is 6.03 Å². The molecule has 2 aromatic carbocycles. The van der Waals surface area contributed by atoms with Gasteiger partial charge in [-0.15, -0.1) is 0 Å². The molecule has 38 heavy (non-hydrogen) atoms. The number of amides is 3. The molecule has 0 aliphatic carbocycles. The topological polar surface area (TPSA) is 112 Å². The number of hydrogen-bond acceptors (Lipinski definition) is 7. The van der Waals surface area contributed by atoms with Crippen molar-refractivity contribution >= 4 is 40.8 Å². The van der Waals surface area contributed by atoms with Crippen LogP contribution >= 0.6 is 12.2 Å². The van der Waals surface area contributed by atoms with Crippen LogP contribution in [0, 0.1) is 5.82 Å². The first-order valence-electron chi connectivity index (χ1n) is 11.8. The van der Waals surface area contributed by atoms with E-state index in [1.807, 2.05) is 49.3 Å². The summed E-state index contributed by atoms with van der Waals surface area (Å²) in [6.07, 6.45) is 2.20. The number of thiocarbonyl (C=S) groups is 1. The average molecular weight is 540 g/mol. The summed E-state index contributed by atoms with van der Waals surface area (Å²) in [5.74, 6) is -0.797. The summed E-state index contributed by atoms with van der Waals surface area (Å²) in [5.41, 5.74) is 1.17. The van der Waals surface area contributed by atoms with E-state index >= 15 is 0 Å². The number of nitrogens with zero attached hydrogens (tertiary/aromatic N) is 4. The summed E-state index contributed by atoms with van der Waals surface area (Å²) in [5, 5.41) is 8.06. The first-order chi connectivity index (χ1) is 18.2. The second kappa shape index (κ2) is 14.0. The number of hydrogen-bond donors (Lipinski definition) is 3.